The van der Waals surface area contributed by atoms with Crippen LogP contribution in [0.25, 0.3) is 0 Å². The Morgan fingerprint density at radius 1 is 1.23 bits per heavy atom. The molecule has 0 bridgehead atoms. The van der Waals surface area contributed by atoms with Crippen molar-refractivity contribution in [2.75, 3.05) is 46.4 Å². The first-order chi connectivity index (χ1) is 10.6. The summed E-state index contributed by atoms with van der Waals surface area (Å²) in [4.78, 5) is 16.9. The van der Waals surface area contributed by atoms with Crippen LogP contribution in [0.4, 0.5) is 0 Å². The molecule has 1 heterocycles. The Bertz CT molecular complexity index is 485. The third-order valence-electron chi connectivity index (χ3n) is 4.26. The summed E-state index contributed by atoms with van der Waals surface area (Å²) in [5.41, 5.74) is 1.01. The largest absolute Gasteiger partial charge is 0.496 e. The third-order valence-corrected chi connectivity index (χ3v) is 4.26. The maximum absolute atomic E-state index is 12.2. The number of piperazine rings is 1. The molecule has 1 saturated heterocycles. The maximum atomic E-state index is 12.2. The van der Waals surface area contributed by atoms with Gasteiger partial charge in [0.2, 0.25) is 5.91 Å². The highest BCUT2D eigenvalue weighted by atomic mass is 16.5. The summed E-state index contributed by atoms with van der Waals surface area (Å²) in [5.74, 6) is 0.884. The molecule has 22 heavy (non-hydrogen) atoms. The second-order valence-electron chi connectivity index (χ2n) is 5.74. The van der Waals surface area contributed by atoms with Gasteiger partial charge < -0.3 is 15.0 Å². The normalized spacial score (nSPS) is 18.0. The Kier molecular flexibility index (Phi) is 6.21. The van der Waals surface area contributed by atoms with Crippen LogP contribution >= 0.6 is 0 Å². The number of ether oxygens (including phenoxy) is 1. The lowest BCUT2D eigenvalue weighted by Gasteiger charge is -2.33. The summed E-state index contributed by atoms with van der Waals surface area (Å²) in [5, 5.41) is 3.07. The van der Waals surface area contributed by atoms with Crippen LogP contribution in [-0.2, 0) is 4.79 Å². The Labute approximate surface area is 133 Å². The van der Waals surface area contributed by atoms with Crippen LogP contribution in [0.1, 0.15) is 25.5 Å². The molecule has 1 N–H and O–H groups in total. The number of para-hydroxylation sites is 1. The molecular formula is C17H27N3O2. The zero-order valence-corrected chi connectivity index (χ0v) is 13.8. The van der Waals surface area contributed by atoms with E-state index in [0.29, 0.717) is 6.54 Å². The number of hydrogen-bond donors (Lipinski definition) is 1. The van der Waals surface area contributed by atoms with Gasteiger partial charge in [0.05, 0.1) is 19.7 Å². The van der Waals surface area contributed by atoms with Crippen molar-refractivity contribution in [2.24, 2.45) is 0 Å². The van der Waals surface area contributed by atoms with E-state index in [2.05, 4.69) is 22.0 Å². The minimum absolute atomic E-state index is 0.0550. The van der Waals surface area contributed by atoms with Gasteiger partial charge in [0, 0.05) is 31.7 Å². The Hall–Kier alpha value is -1.59. The van der Waals surface area contributed by atoms with Crippen molar-refractivity contribution < 1.29 is 9.53 Å². The second kappa shape index (κ2) is 8.15. The van der Waals surface area contributed by atoms with Crippen LogP contribution < -0.4 is 10.1 Å². The summed E-state index contributed by atoms with van der Waals surface area (Å²) in [7, 11) is 1.65. The molecule has 5 heteroatoms. The highest BCUT2D eigenvalue weighted by Gasteiger charge is 2.19. The number of nitrogens with zero attached hydrogens (tertiary/aromatic N) is 2. The van der Waals surface area contributed by atoms with E-state index in [9.17, 15) is 4.79 Å². The average Bonchev–Trinajstić information content (AvgIpc) is 2.55. The molecule has 1 aromatic carbocycles. The topological polar surface area (TPSA) is 44.8 Å². The second-order valence-corrected chi connectivity index (χ2v) is 5.74. The van der Waals surface area contributed by atoms with E-state index >= 15 is 0 Å². The predicted molar refractivity (Wildman–Crippen MR) is 88.1 cm³/mol. The summed E-state index contributed by atoms with van der Waals surface area (Å²) in [6.07, 6.45) is 0. The molecule has 0 radical (unpaired) electrons. The average molecular weight is 305 g/mol. The molecule has 1 aromatic rings. The highest BCUT2D eigenvalue weighted by molar-refractivity contribution is 5.78. The quantitative estimate of drug-likeness (QED) is 0.865. The Balaban J connectivity index is 1.84. The minimum atomic E-state index is -0.0550. The zero-order chi connectivity index (χ0) is 15.9. The first-order valence-electron chi connectivity index (χ1n) is 8.01. The number of hydrogen-bond acceptors (Lipinski definition) is 4. The van der Waals surface area contributed by atoms with Gasteiger partial charge in [0.1, 0.15) is 5.75 Å². The zero-order valence-electron chi connectivity index (χ0n) is 13.8. The van der Waals surface area contributed by atoms with Crippen LogP contribution in [-0.4, -0.2) is 62.1 Å². The number of carbonyl (C=O) groups excluding carboxylic acids is 1. The van der Waals surface area contributed by atoms with Crippen molar-refractivity contribution in [3.8, 4) is 5.75 Å². The number of carbonyl (C=O) groups is 1. The Morgan fingerprint density at radius 2 is 1.86 bits per heavy atom. The van der Waals surface area contributed by atoms with Crippen molar-refractivity contribution >= 4 is 5.91 Å². The van der Waals surface area contributed by atoms with Crippen molar-refractivity contribution in [3.63, 3.8) is 0 Å². The van der Waals surface area contributed by atoms with E-state index in [0.717, 1.165) is 44.0 Å². The molecule has 0 saturated carbocycles. The minimum Gasteiger partial charge on any atom is -0.496 e. The molecule has 0 aliphatic carbocycles. The van der Waals surface area contributed by atoms with E-state index < -0.39 is 0 Å². The van der Waals surface area contributed by atoms with Gasteiger partial charge in [-0.05, 0) is 19.5 Å². The van der Waals surface area contributed by atoms with E-state index in [1.807, 2.05) is 31.2 Å². The fourth-order valence-electron chi connectivity index (χ4n) is 2.86. The number of benzene rings is 1. The molecule has 1 atom stereocenters. The van der Waals surface area contributed by atoms with E-state index in [-0.39, 0.29) is 11.9 Å². The lowest BCUT2D eigenvalue weighted by atomic mass is 10.1. The first kappa shape index (κ1) is 16.8. The van der Waals surface area contributed by atoms with Gasteiger partial charge in [-0.2, -0.15) is 0 Å². The summed E-state index contributed by atoms with van der Waals surface area (Å²) in [6, 6.07) is 7.75. The summed E-state index contributed by atoms with van der Waals surface area (Å²) < 4.78 is 5.35. The van der Waals surface area contributed by atoms with Crippen LogP contribution in [0.3, 0.4) is 0 Å². The van der Waals surface area contributed by atoms with Gasteiger partial charge in [-0.3, -0.25) is 9.69 Å². The van der Waals surface area contributed by atoms with Gasteiger partial charge in [-0.25, -0.2) is 0 Å². The molecule has 1 aliphatic rings. The molecule has 2 rings (SSSR count). The monoisotopic (exact) mass is 305 g/mol. The third kappa shape index (κ3) is 4.45. The van der Waals surface area contributed by atoms with E-state index in [4.69, 9.17) is 4.74 Å². The molecule has 1 amide bonds. The van der Waals surface area contributed by atoms with Gasteiger partial charge >= 0.3 is 0 Å². The van der Waals surface area contributed by atoms with Crippen LogP contribution in [0.2, 0.25) is 0 Å². The van der Waals surface area contributed by atoms with Crippen LogP contribution in [0.15, 0.2) is 24.3 Å². The summed E-state index contributed by atoms with van der Waals surface area (Å²) in [6.45, 7) is 9.75. The SMILES string of the molecule is CCN1CCN(CC(=O)NC(C)c2ccccc2OC)CC1. The van der Waals surface area contributed by atoms with Crippen molar-refractivity contribution in [2.45, 2.75) is 19.9 Å². The van der Waals surface area contributed by atoms with Crippen molar-refractivity contribution in [1.82, 2.24) is 15.1 Å². The highest BCUT2D eigenvalue weighted by Crippen LogP contribution is 2.24. The molecule has 1 unspecified atom stereocenters. The number of amides is 1. The number of methoxy groups -OCH3 is 1. The standard InChI is InChI=1S/C17H27N3O2/c1-4-19-9-11-20(12-10-19)13-17(21)18-14(2)15-7-5-6-8-16(15)22-3/h5-8,14H,4,9-13H2,1-3H3,(H,18,21). The molecule has 1 aliphatic heterocycles. The molecule has 5 nitrogen and oxygen atoms in total. The van der Waals surface area contributed by atoms with E-state index in [1.54, 1.807) is 7.11 Å². The molecule has 0 spiro atoms. The van der Waals surface area contributed by atoms with Gasteiger partial charge in [-0.15, -0.1) is 0 Å². The van der Waals surface area contributed by atoms with Gasteiger partial charge in [0.15, 0.2) is 0 Å². The predicted octanol–water partition coefficient (Wildman–Crippen LogP) is 1.51. The lowest BCUT2D eigenvalue weighted by molar-refractivity contribution is -0.123. The van der Waals surface area contributed by atoms with Crippen LogP contribution in [0.5, 0.6) is 5.75 Å². The Morgan fingerprint density at radius 3 is 2.50 bits per heavy atom. The van der Waals surface area contributed by atoms with Crippen LogP contribution in [0, 0.1) is 0 Å². The smallest absolute Gasteiger partial charge is 0.234 e. The molecular weight excluding hydrogens is 278 g/mol. The van der Waals surface area contributed by atoms with Gasteiger partial charge in [-0.1, -0.05) is 25.1 Å². The number of rotatable bonds is 6. The lowest BCUT2D eigenvalue weighted by Crippen LogP contribution is -2.49. The van der Waals surface area contributed by atoms with Crippen molar-refractivity contribution in [1.29, 1.82) is 0 Å². The molecule has 0 aromatic heterocycles. The fraction of sp³-hybridized carbons (Fsp3) is 0.588. The first-order valence-corrected chi connectivity index (χ1v) is 8.01. The maximum Gasteiger partial charge on any atom is 0.234 e. The number of likely N-dealkylation sites (N-methyl/N-ethyl adjacent to an activating group) is 1. The summed E-state index contributed by atoms with van der Waals surface area (Å²) >= 11 is 0. The van der Waals surface area contributed by atoms with E-state index in [1.165, 1.54) is 0 Å². The molecule has 122 valence electrons. The fourth-order valence-corrected chi connectivity index (χ4v) is 2.86. The van der Waals surface area contributed by atoms with Crippen molar-refractivity contribution in [3.05, 3.63) is 29.8 Å². The molecule has 1 fully saturated rings. The number of nitrogens with one attached hydrogen (secondary N) is 1. The van der Waals surface area contributed by atoms with Gasteiger partial charge in [0.25, 0.3) is 0 Å².